The van der Waals surface area contributed by atoms with E-state index in [1.54, 1.807) is 54.6 Å². The Morgan fingerprint density at radius 3 is 2.45 bits per heavy atom. The molecule has 0 fully saturated rings. The van der Waals surface area contributed by atoms with E-state index in [2.05, 4.69) is 10.0 Å². The minimum atomic E-state index is -3.79. The van der Waals surface area contributed by atoms with Crippen LogP contribution in [0.15, 0.2) is 65.6 Å². The summed E-state index contributed by atoms with van der Waals surface area (Å²) in [6.07, 6.45) is 0.821. The average molecular weight is 429 g/mol. The molecule has 1 aliphatic rings. The van der Waals surface area contributed by atoms with E-state index in [1.807, 2.05) is 6.92 Å². The van der Waals surface area contributed by atoms with Gasteiger partial charge in [0.05, 0.1) is 16.1 Å². The Morgan fingerprint density at radius 1 is 1.00 bits per heavy atom. The summed E-state index contributed by atoms with van der Waals surface area (Å²) in [6.45, 7) is 2.00. The molecule has 4 rings (SSSR count). The van der Waals surface area contributed by atoms with E-state index in [-0.39, 0.29) is 16.1 Å². The first-order valence-corrected chi connectivity index (χ1v) is 10.8. The smallest absolute Gasteiger partial charge is 0.261 e. The van der Waals surface area contributed by atoms with Gasteiger partial charge in [-0.15, -0.1) is 0 Å². The summed E-state index contributed by atoms with van der Waals surface area (Å²) in [6, 6.07) is 16.1. The molecule has 29 heavy (non-hydrogen) atoms. The van der Waals surface area contributed by atoms with E-state index in [1.165, 1.54) is 6.07 Å². The second kappa shape index (κ2) is 7.42. The van der Waals surface area contributed by atoms with Gasteiger partial charge in [0.2, 0.25) is 0 Å². The largest absolute Gasteiger partial charge is 0.454 e. The molecule has 1 aliphatic heterocycles. The van der Waals surface area contributed by atoms with Crippen LogP contribution in [-0.4, -0.2) is 14.3 Å². The predicted octanol–water partition coefficient (Wildman–Crippen LogP) is 5.06. The summed E-state index contributed by atoms with van der Waals surface area (Å²) in [4.78, 5) is 12.8. The highest BCUT2D eigenvalue weighted by Crippen LogP contribution is 2.38. The summed E-state index contributed by atoms with van der Waals surface area (Å²) in [5.41, 5.74) is 1.95. The molecule has 0 unspecified atom stereocenters. The molecule has 8 heteroatoms. The molecule has 0 aromatic heterocycles. The molecule has 0 atom stereocenters. The molecular weight excluding hydrogens is 412 g/mol. The lowest BCUT2D eigenvalue weighted by atomic mass is 10.1. The lowest BCUT2D eigenvalue weighted by molar-refractivity contribution is 0.102. The van der Waals surface area contributed by atoms with Crippen LogP contribution in [0.2, 0.25) is 5.02 Å². The van der Waals surface area contributed by atoms with Crippen molar-refractivity contribution in [1.82, 2.24) is 0 Å². The van der Waals surface area contributed by atoms with Crippen molar-refractivity contribution in [3.63, 3.8) is 0 Å². The molecule has 0 saturated carbocycles. The number of halogens is 1. The molecule has 0 aliphatic carbocycles. The van der Waals surface area contributed by atoms with Crippen molar-refractivity contribution in [3.8, 4) is 11.5 Å². The topological polar surface area (TPSA) is 84.5 Å². The van der Waals surface area contributed by atoms with Gasteiger partial charge in [-0.05, 0) is 60.5 Å². The third-order valence-electron chi connectivity index (χ3n) is 4.53. The van der Waals surface area contributed by atoms with Gasteiger partial charge in [-0.2, -0.15) is 0 Å². The van der Waals surface area contributed by atoms with Gasteiger partial charge in [0, 0.05) is 10.7 Å². The zero-order valence-electron chi connectivity index (χ0n) is 15.4. The number of fused-ring (bicyclic) bond motifs is 2. The maximum absolute atomic E-state index is 12.7. The third-order valence-corrected chi connectivity index (χ3v) is 6.16. The van der Waals surface area contributed by atoms with Gasteiger partial charge in [0.1, 0.15) is 5.75 Å². The van der Waals surface area contributed by atoms with Gasteiger partial charge >= 0.3 is 0 Å². The van der Waals surface area contributed by atoms with Gasteiger partial charge < -0.3 is 10.1 Å². The van der Waals surface area contributed by atoms with Gasteiger partial charge in [0.25, 0.3) is 15.9 Å². The number of carbonyl (C=O) groups excluding carboxylic acids is 1. The Bertz CT molecular complexity index is 1210. The van der Waals surface area contributed by atoms with E-state index in [0.717, 1.165) is 12.0 Å². The average Bonchev–Trinajstić information content (AvgIpc) is 2.83. The minimum absolute atomic E-state index is 0.146. The fraction of sp³-hybridized carbons (Fsp3) is 0.0952. The molecule has 2 N–H and O–H groups in total. The van der Waals surface area contributed by atoms with E-state index in [4.69, 9.17) is 16.3 Å². The Labute approximate surface area is 173 Å². The molecule has 6 nitrogen and oxygen atoms in total. The van der Waals surface area contributed by atoms with Gasteiger partial charge in [-0.3, -0.25) is 9.52 Å². The van der Waals surface area contributed by atoms with E-state index in [9.17, 15) is 13.2 Å². The van der Waals surface area contributed by atoms with Crippen LogP contribution in [0.25, 0.3) is 0 Å². The Morgan fingerprint density at radius 2 is 1.72 bits per heavy atom. The normalized spacial score (nSPS) is 12.8. The standard InChI is InChI=1S/C21H17ClN2O4S/c1-2-13-3-7-16(8-4-13)29(26,27)24-15-6-10-19-17(12-15)21(25)23-18-11-14(22)5-9-20(18)28-19/h3-12,24H,2H2,1H3,(H,23,25). The van der Waals surface area contributed by atoms with Crippen LogP contribution in [0.4, 0.5) is 11.4 Å². The van der Waals surface area contributed by atoms with Crippen molar-refractivity contribution in [2.75, 3.05) is 10.0 Å². The van der Waals surface area contributed by atoms with Crippen LogP contribution < -0.4 is 14.8 Å². The monoisotopic (exact) mass is 428 g/mol. The molecule has 0 saturated heterocycles. The van der Waals surface area contributed by atoms with E-state index < -0.39 is 15.9 Å². The highest BCUT2D eigenvalue weighted by Gasteiger charge is 2.23. The summed E-state index contributed by atoms with van der Waals surface area (Å²) in [7, 11) is -3.79. The summed E-state index contributed by atoms with van der Waals surface area (Å²) < 4.78 is 33.7. The summed E-state index contributed by atoms with van der Waals surface area (Å²) in [5.74, 6) is 0.346. The third kappa shape index (κ3) is 3.92. The van der Waals surface area contributed by atoms with Crippen molar-refractivity contribution in [3.05, 3.63) is 76.8 Å². The van der Waals surface area contributed by atoms with Crippen LogP contribution in [-0.2, 0) is 16.4 Å². The first-order chi connectivity index (χ1) is 13.9. The second-order valence-corrected chi connectivity index (χ2v) is 8.63. The summed E-state index contributed by atoms with van der Waals surface area (Å²) >= 11 is 5.98. The lowest BCUT2D eigenvalue weighted by Crippen LogP contribution is -2.15. The molecular formula is C21H17ClN2O4S. The Hall–Kier alpha value is -3.03. The number of sulfonamides is 1. The van der Waals surface area contributed by atoms with Crippen LogP contribution in [0.3, 0.4) is 0 Å². The number of ether oxygens (including phenoxy) is 1. The number of aryl methyl sites for hydroxylation is 1. The molecule has 3 aromatic rings. The van der Waals surface area contributed by atoms with Crippen molar-refractivity contribution >= 4 is 38.9 Å². The van der Waals surface area contributed by atoms with Crippen molar-refractivity contribution in [2.45, 2.75) is 18.2 Å². The van der Waals surface area contributed by atoms with E-state index in [0.29, 0.717) is 22.2 Å². The molecule has 0 spiro atoms. The van der Waals surface area contributed by atoms with Crippen molar-refractivity contribution in [2.24, 2.45) is 0 Å². The van der Waals surface area contributed by atoms with Crippen LogP contribution in [0, 0.1) is 0 Å². The first kappa shape index (κ1) is 19.3. The zero-order valence-corrected chi connectivity index (χ0v) is 17.0. The maximum Gasteiger partial charge on any atom is 0.261 e. The molecule has 0 radical (unpaired) electrons. The number of anilines is 2. The first-order valence-electron chi connectivity index (χ1n) is 8.90. The van der Waals surface area contributed by atoms with Crippen LogP contribution in [0.5, 0.6) is 11.5 Å². The number of carbonyl (C=O) groups is 1. The molecule has 148 valence electrons. The highest BCUT2D eigenvalue weighted by atomic mass is 35.5. The van der Waals surface area contributed by atoms with Crippen LogP contribution >= 0.6 is 11.6 Å². The maximum atomic E-state index is 12.7. The van der Waals surface area contributed by atoms with Gasteiger partial charge in [-0.1, -0.05) is 30.7 Å². The van der Waals surface area contributed by atoms with Crippen molar-refractivity contribution in [1.29, 1.82) is 0 Å². The lowest BCUT2D eigenvalue weighted by Gasteiger charge is -2.11. The highest BCUT2D eigenvalue weighted by molar-refractivity contribution is 7.92. The number of nitrogens with one attached hydrogen (secondary N) is 2. The zero-order chi connectivity index (χ0) is 20.6. The molecule has 1 heterocycles. The quantitative estimate of drug-likeness (QED) is 0.608. The molecule has 3 aromatic carbocycles. The Kier molecular flexibility index (Phi) is 4.94. The number of rotatable bonds is 4. The number of amides is 1. The molecule has 1 amide bonds. The second-order valence-electron chi connectivity index (χ2n) is 6.51. The number of benzene rings is 3. The van der Waals surface area contributed by atoms with E-state index >= 15 is 0 Å². The van der Waals surface area contributed by atoms with Crippen molar-refractivity contribution < 1.29 is 17.9 Å². The summed E-state index contributed by atoms with van der Waals surface area (Å²) in [5, 5.41) is 3.19. The number of hydrogen-bond acceptors (Lipinski definition) is 4. The SMILES string of the molecule is CCc1ccc(S(=O)(=O)Nc2ccc3c(c2)C(=O)Nc2cc(Cl)ccc2O3)cc1. The molecule has 0 bridgehead atoms. The predicted molar refractivity (Wildman–Crippen MR) is 113 cm³/mol. The fourth-order valence-electron chi connectivity index (χ4n) is 2.98. The minimum Gasteiger partial charge on any atom is -0.454 e. The number of hydrogen-bond donors (Lipinski definition) is 2. The van der Waals surface area contributed by atoms with Gasteiger partial charge in [-0.25, -0.2) is 8.42 Å². The Balaban J connectivity index is 1.64. The fourth-order valence-corrected chi connectivity index (χ4v) is 4.20. The van der Waals surface area contributed by atoms with Gasteiger partial charge in [0.15, 0.2) is 5.75 Å². The van der Waals surface area contributed by atoms with Crippen LogP contribution in [0.1, 0.15) is 22.8 Å².